The second kappa shape index (κ2) is 6.01. The maximum absolute atomic E-state index is 10.4. The third-order valence-corrected chi connectivity index (χ3v) is 3.56. The maximum atomic E-state index is 10.4. The first-order valence-corrected chi connectivity index (χ1v) is 6.78. The molecule has 0 radical (unpaired) electrons. The molecule has 0 fully saturated rings. The molecule has 0 aliphatic carbocycles. The van der Waals surface area contributed by atoms with Gasteiger partial charge in [-0.25, -0.2) is 4.84 Å². The Morgan fingerprint density at radius 2 is 2.30 bits per heavy atom. The van der Waals surface area contributed by atoms with Gasteiger partial charge in [-0.05, 0) is 23.4 Å². The highest BCUT2D eigenvalue weighted by molar-refractivity contribution is 6.64. The fourth-order valence-electron chi connectivity index (χ4n) is 2.52. The van der Waals surface area contributed by atoms with E-state index in [-0.39, 0.29) is 12.2 Å². The topological polar surface area (TPSA) is 68.8 Å². The Bertz CT molecular complexity index is 504. The molecule has 3 rings (SSSR count). The second-order valence-corrected chi connectivity index (χ2v) is 4.92. The number of carbonyl (C=O) groups excluding carboxylic acids is 1. The molecule has 0 bridgehead atoms. The molecular formula is C12H14BClN2O4. The molecular weight excluding hydrogens is 282 g/mol. The molecule has 6 nitrogen and oxygen atoms in total. The zero-order valence-corrected chi connectivity index (χ0v) is 11.4. The van der Waals surface area contributed by atoms with Crippen molar-refractivity contribution in [3.05, 3.63) is 23.8 Å². The SMILES string of the molecule is O=CNCC1COc2cccc3c2B(O1)OC3CNCl. The van der Waals surface area contributed by atoms with Crippen LogP contribution in [0.3, 0.4) is 0 Å². The molecule has 2 heterocycles. The van der Waals surface area contributed by atoms with E-state index >= 15 is 0 Å². The summed E-state index contributed by atoms with van der Waals surface area (Å²) in [7, 11) is -0.489. The molecule has 2 atom stereocenters. The first kappa shape index (κ1) is 13.7. The Morgan fingerprint density at radius 1 is 1.40 bits per heavy atom. The number of carbonyl (C=O) groups is 1. The standard InChI is InChI=1S/C12H14BClN2O4/c14-16-5-11-9-2-1-3-10-12(9)13(20-11)19-8(6-18-10)4-15-7-17/h1-3,7-8,11,16H,4-6H2,(H,15,17). The van der Waals surface area contributed by atoms with Gasteiger partial charge in [0.25, 0.3) is 0 Å². The van der Waals surface area contributed by atoms with Crippen LogP contribution in [0.25, 0.3) is 0 Å². The van der Waals surface area contributed by atoms with E-state index < -0.39 is 7.12 Å². The van der Waals surface area contributed by atoms with Crippen LogP contribution in [0.5, 0.6) is 5.75 Å². The number of benzene rings is 1. The van der Waals surface area contributed by atoms with Crippen LogP contribution in [0, 0.1) is 0 Å². The third-order valence-electron chi connectivity index (χ3n) is 3.40. The van der Waals surface area contributed by atoms with Gasteiger partial charge in [-0.3, -0.25) is 4.79 Å². The molecule has 1 aromatic carbocycles. The number of rotatable bonds is 5. The van der Waals surface area contributed by atoms with Crippen LogP contribution in [-0.4, -0.2) is 39.3 Å². The summed E-state index contributed by atoms with van der Waals surface area (Å²) in [6.45, 7) is 1.23. The van der Waals surface area contributed by atoms with Crippen molar-refractivity contribution >= 4 is 30.8 Å². The molecule has 106 valence electrons. The number of amides is 1. The van der Waals surface area contributed by atoms with Crippen LogP contribution in [0.2, 0.25) is 0 Å². The molecule has 20 heavy (non-hydrogen) atoms. The van der Waals surface area contributed by atoms with Gasteiger partial charge < -0.3 is 19.4 Å². The van der Waals surface area contributed by atoms with Crippen molar-refractivity contribution in [2.45, 2.75) is 12.2 Å². The summed E-state index contributed by atoms with van der Waals surface area (Å²) in [4.78, 5) is 13.0. The van der Waals surface area contributed by atoms with Crippen molar-refractivity contribution in [2.24, 2.45) is 0 Å². The Labute approximate surface area is 122 Å². The molecule has 0 aromatic heterocycles. The van der Waals surface area contributed by atoms with Gasteiger partial charge in [0.1, 0.15) is 12.4 Å². The van der Waals surface area contributed by atoms with Crippen LogP contribution in [0.4, 0.5) is 0 Å². The van der Waals surface area contributed by atoms with E-state index in [9.17, 15) is 4.79 Å². The monoisotopic (exact) mass is 296 g/mol. The number of nitrogens with one attached hydrogen (secondary N) is 2. The molecule has 2 N–H and O–H groups in total. The summed E-state index contributed by atoms with van der Waals surface area (Å²) in [5.74, 6) is 0.762. The summed E-state index contributed by atoms with van der Waals surface area (Å²) < 4.78 is 17.5. The molecule has 8 heteroatoms. The van der Waals surface area contributed by atoms with Crippen molar-refractivity contribution in [3.8, 4) is 5.75 Å². The molecule has 2 aliphatic heterocycles. The van der Waals surface area contributed by atoms with Crippen molar-refractivity contribution in [1.29, 1.82) is 0 Å². The van der Waals surface area contributed by atoms with E-state index in [1.807, 2.05) is 18.2 Å². The van der Waals surface area contributed by atoms with Crippen molar-refractivity contribution in [1.82, 2.24) is 10.2 Å². The van der Waals surface area contributed by atoms with Crippen LogP contribution in [0.15, 0.2) is 18.2 Å². The summed E-state index contributed by atoms with van der Waals surface area (Å²) in [5, 5.41) is 2.60. The van der Waals surface area contributed by atoms with Crippen molar-refractivity contribution in [2.75, 3.05) is 19.7 Å². The van der Waals surface area contributed by atoms with Crippen LogP contribution < -0.4 is 20.4 Å². The highest BCUT2D eigenvalue weighted by Gasteiger charge is 2.43. The minimum Gasteiger partial charge on any atom is -0.491 e. The molecule has 0 saturated carbocycles. The Kier molecular flexibility index (Phi) is 4.11. The van der Waals surface area contributed by atoms with E-state index in [0.717, 1.165) is 16.8 Å². The van der Waals surface area contributed by atoms with Crippen molar-refractivity contribution < 1.29 is 18.8 Å². The Hall–Kier alpha value is -1.28. The largest absolute Gasteiger partial charge is 0.498 e. The Balaban J connectivity index is 1.85. The lowest BCUT2D eigenvalue weighted by Crippen LogP contribution is -2.39. The average molecular weight is 297 g/mol. The minimum absolute atomic E-state index is 0.172. The quantitative estimate of drug-likeness (QED) is 0.444. The van der Waals surface area contributed by atoms with E-state index in [0.29, 0.717) is 26.1 Å². The van der Waals surface area contributed by atoms with Gasteiger partial charge in [0.05, 0.1) is 12.2 Å². The summed E-state index contributed by atoms with van der Waals surface area (Å²) in [6, 6.07) is 5.80. The van der Waals surface area contributed by atoms with Gasteiger partial charge in [0, 0.05) is 18.6 Å². The molecule has 0 spiro atoms. The lowest BCUT2D eigenvalue weighted by molar-refractivity contribution is -0.110. The Morgan fingerprint density at radius 3 is 3.10 bits per heavy atom. The highest BCUT2D eigenvalue weighted by Crippen LogP contribution is 2.30. The fraction of sp³-hybridized carbons (Fsp3) is 0.417. The predicted molar refractivity (Wildman–Crippen MR) is 73.9 cm³/mol. The van der Waals surface area contributed by atoms with E-state index in [1.165, 1.54) is 0 Å². The first-order chi connectivity index (χ1) is 9.83. The normalized spacial score (nSPS) is 23.8. The summed E-state index contributed by atoms with van der Waals surface area (Å²) >= 11 is 5.57. The predicted octanol–water partition coefficient (Wildman–Crippen LogP) is -0.280. The van der Waals surface area contributed by atoms with Gasteiger partial charge in [-0.15, -0.1) is 0 Å². The third kappa shape index (κ3) is 2.49. The molecule has 1 aromatic rings. The van der Waals surface area contributed by atoms with Gasteiger partial charge in [0.2, 0.25) is 6.41 Å². The minimum atomic E-state index is -0.489. The first-order valence-electron chi connectivity index (χ1n) is 6.40. The molecule has 2 unspecified atom stereocenters. The lowest BCUT2D eigenvalue weighted by Gasteiger charge is -2.18. The zero-order valence-electron chi connectivity index (χ0n) is 10.7. The van der Waals surface area contributed by atoms with Gasteiger partial charge in [0.15, 0.2) is 0 Å². The summed E-state index contributed by atoms with van der Waals surface area (Å²) in [6.07, 6.45) is 0.213. The number of ether oxygens (including phenoxy) is 1. The van der Waals surface area contributed by atoms with E-state index in [4.69, 9.17) is 25.8 Å². The van der Waals surface area contributed by atoms with Gasteiger partial charge in [-0.1, -0.05) is 12.1 Å². The van der Waals surface area contributed by atoms with Gasteiger partial charge >= 0.3 is 7.12 Å². The molecule has 2 aliphatic rings. The number of hydrogen-bond donors (Lipinski definition) is 2. The number of halogens is 1. The smallest absolute Gasteiger partial charge is 0.491 e. The zero-order chi connectivity index (χ0) is 13.9. The molecule has 1 amide bonds. The van der Waals surface area contributed by atoms with Crippen molar-refractivity contribution in [3.63, 3.8) is 0 Å². The molecule has 0 saturated heterocycles. The summed E-state index contributed by atoms with van der Waals surface area (Å²) in [5.41, 5.74) is 1.93. The second-order valence-electron chi connectivity index (χ2n) is 4.65. The lowest BCUT2D eigenvalue weighted by atomic mass is 9.77. The average Bonchev–Trinajstić information content (AvgIpc) is 2.70. The van der Waals surface area contributed by atoms with Crippen LogP contribution in [-0.2, 0) is 14.1 Å². The van der Waals surface area contributed by atoms with Gasteiger partial charge in [-0.2, -0.15) is 0 Å². The van der Waals surface area contributed by atoms with Crippen LogP contribution >= 0.6 is 11.8 Å². The maximum Gasteiger partial charge on any atom is 0.498 e. The fourth-order valence-corrected chi connectivity index (χ4v) is 2.66. The van der Waals surface area contributed by atoms with E-state index in [2.05, 4.69) is 10.2 Å². The number of hydrogen-bond acceptors (Lipinski definition) is 5. The van der Waals surface area contributed by atoms with E-state index in [1.54, 1.807) is 0 Å². The highest BCUT2D eigenvalue weighted by atomic mass is 35.5. The van der Waals surface area contributed by atoms with Crippen LogP contribution in [0.1, 0.15) is 11.7 Å².